The van der Waals surface area contributed by atoms with E-state index in [9.17, 15) is 9.18 Å². The van der Waals surface area contributed by atoms with Crippen LogP contribution < -0.4 is 11.1 Å². The van der Waals surface area contributed by atoms with Crippen LogP contribution in [0.1, 0.15) is 35.7 Å². The summed E-state index contributed by atoms with van der Waals surface area (Å²) < 4.78 is 12.9. The fraction of sp³-hybridized carbons (Fsp3) is 0.235. The quantitative estimate of drug-likeness (QED) is 0.907. The van der Waals surface area contributed by atoms with Crippen LogP contribution in [-0.4, -0.2) is 5.91 Å². The number of nitrogens with two attached hydrogens (primary N) is 1. The van der Waals surface area contributed by atoms with Crippen molar-refractivity contribution in [2.75, 3.05) is 0 Å². The van der Waals surface area contributed by atoms with Crippen molar-refractivity contribution in [3.8, 4) is 0 Å². The summed E-state index contributed by atoms with van der Waals surface area (Å²) in [5, 5.41) is 2.84. The molecular weight excluding hydrogens is 267 g/mol. The molecule has 1 unspecified atom stereocenters. The molecule has 0 spiro atoms. The van der Waals surface area contributed by atoms with Crippen LogP contribution in [0.4, 0.5) is 4.39 Å². The van der Waals surface area contributed by atoms with E-state index in [2.05, 4.69) is 5.32 Å². The van der Waals surface area contributed by atoms with Crippen molar-refractivity contribution >= 4 is 5.91 Å². The Morgan fingerprint density at radius 1 is 1.05 bits per heavy atom. The first-order valence-electron chi connectivity index (χ1n) is 6.85. The Hall–Kier alpha value is -2.20. The summed E-state index contributed by atoms with van der Waals surface area (Å²) in [7, 11) is 0. The fourth-order valence-corrected chi connectivity index (χ4v) is 2.06. The van der Waals surface area contributed by atoms with Crippen LogP contribution in [0.5, 0.6) is 0 Å². The number of aryl methyl sites for hydroxylation is 1. The van der Waals surface area contributed by atoms with E-state index >= 15 is 0 Å². The first-order chi connectivity index (χ1) is 9.97. The van der Waals surface area contributed by atoms with Crippen molar-refractivity contribution in [1.29, 1.82) is 0 Å². The molecule has 3 nitrogen and oxygen atoms in total. The molecular formula is C17H19FN2O. The Labute approximate surface area is 124 Å². The minimum atomic E-state index is -0.714. The lowest BCUT2D eigenvalue weighted by atomic mass is 10.0. The monoisotopic (exact) mass is 286 g/mol. The molecule has 0 radical (unpaired) electrons. The number of hydrogen-bond acceptors (Lipinski definition) is 2. The molecule has 4 heteroatoms. The van der Waals surface area contributed by atoms with E-state index in [-0.39, 0.29) is 17.8 Å². The van der Waals surface area contributed by atoms with E-state index in [0.717, 1.165) is 16.7 Å². The van der Waals surface area contributed by atoms with E-state index in [1.54, 1.807) is 12.1 Å². The summed E-state index contributed by atoms with van der Waals surface area (Å²) in [5.74, 6) is -0.552. The summed E-state index contributed by atoms with van der Waals surface area (Å²) in [6.07, 6.45) is 0. The number of halogens is 1. The molecule has 0 aliphatic carbocycles. The zero-order valence-electron chi connectivity index (χ0n) is 12.1. The second-order valence-corrected chi connectivity index (χ2v) is 5.17. The number of benzene rings is 2. The van der Waals surface area contributed by atoms with Gasteiger partial charge in [0, 0.05) is 0 Å². The van der Waals surface area contributed by atoms with Gasteiger partial charge in [-0.25, -0.2) is 4.39 Å². The summed E-state index contributed by atoms with van der Waals surface area (Å²) in [6.45, 7) is 3.82. The zero-order valence-corrected chi connectivity index (χ0v) is 12.1. The maximum Gasteiger partial charge on any atom is 0.241 e. The van der Waals surface area contributed by atoms with E-state index in [4.69, 9.17) is 5.73 Å². The molecule has 0 aliphatic heterocycles. The smallest absolute Gasteiger partial charge is 0.241 e. The third-order valence-electron chi connectivity index (χ3n) is 3.45. The lowest BCUT2D eigenvalue weighted by Gasteiger charge is -2.18. The second kappa shape index (κ2) is 6.50. The first-order valence-corrected chi connectivity index (χ1v) is 6.85. The van der Waals surface area contributed by atoms with Crippen LogP contribution in [0.2, 0.25) is 0 Å². The molecule has 3 N–H and O–H groups in total. The Balaban J connectivity index is 2.03. The Morgan fingerprint density at radius 3 is 2.14 bits per heavy atom. The molecule has 0 saturated heterocycles. The van der Waals surface area contributed by atoms with Gasteiger partial charge in [0.25, 0.3) is 0 Å². The molecule has 110 valence electrons. The number of nitrogens with one attached hydrogen (secondary N) is 1. The number of rotatable bonds is 4. The average Bonchev–Trinajstić information content (AvgIpc) is 2.47. The highest BCUT2D eigenvalue weighted by atomic mass is 19.1. The van der Waals surface area contributed by atoms with Crippen LogP contribution in [0, 0.1) is 12.7 Å². The van der Waals surface area contributed by atoms with Crippen molar-refractivity contribution < 1.29 is 9.18 Å². The molecule has 2 atom stereocenters. The highest BCUT2D eigenvalue weighted by molar-refractivity contribution is 5.83. The van der Waals surface area contributed by atoms with Gasteiger partial charge in [0.1, 0.15) is 11.9 Å². The summed E-state index contributed by atoms with van der Waals surface area (Å²) in [6, 6.07) is 12.6. The minimum absolute atomic E-state index is 0.227. The number of amides is 1. The van der Waals surface area contributed by atoms with Gasteiger partial charge in [-0.05, 0) is 37.1 Å². The zero-order chi connectivity index (χ0) is 15.4. The number of carbonyl (C=O) groups excluding carboxylic acids is 1. The predicted molar refractivity (Wildman–Crippen MR) is 81.1 cm³/mol. The van der Waals surface area contributed by atoms with Gasteiger partial charge in [-0.2, -0.15) is 0 Å². The summed E-state index contributed by atoms with van der Waals surface area (Å²) in [4.78, 5) is 12.2. The van der Waals surface area contributed by atoms with Crippen molar-refractivity contribution in [1.82, 2.24) is 5.32 Å². The van der Waals surface area contributed by atoms with Crippen molar-refractivity contribution in [3.05, 3.63) is 71.0 Å². The summed E-state index contributed by atoms with van der Waals surface area (Å²) in [5.41, 5.74) is 8.69. The van der Waals surface area contributed by atoms with Gasteiger partial charge in [-0.15, -0.1) is 0 Å². The highest BCUT2D eigenvalue weighted by Crippen LogP contribution is 2.16. The van der Waals surface area contributed by atoms with Crippen LogP contribution in [0.15, 0.2) is 48.5 Å². The molecule has 1 amide bonds. The molecule has 2 aromatic rings. The van der Waals surface area contributed by atoms with E-state index in [1.165, 1.54) is 12.1 Å². The first kappa shape index (κ1) is 15.2. The normalized spacial score (nSPS) is 13.5. The van der Waals surface area contributed by atoms with Gasteiger partial charge in [-0.1, -0.05) is 42.0 Å². The Kier molecular flexibility index (Phi) is 4.70. The largest absolute Gasteiger partial charge is 0.348 e. The molecule has 0 bridgehead atoms. The Bertz CT molecular complexity index is 608. The average molecular weight is 286 g/mol. The van der Waals surface area contributed by atoms with E-state index in [1.807, 2.05) is 38.1 Å². The molecule has 2 rings (SSSR count). The second-order valence-electron chi connectivity index (χ2n) is 5.17. The Morgan fingerprint density at radius 2 is 1.57 bits per heavy atom. The van der Waals surface area contributed by atoms with E-state index in [0.29, 0.717) is 0 Å². The highest BCUT2D eigenvalue weighted by Gasteiger charge is 2.18. The van der Waals surface area contributed by atoms with Crippen molar-refractivity contribution in [3.63, 3.8) is 0 Å². The topological polar surface area (TPSA) is 55.1 Å². The molecule has 21 heavy (non-hydrogen) atoms. The summed E-state index contributed by atoms with van der Waals surface area (Å²) >= 11 is 0. The van der Waals surface area contributed by atoms with Crippen LogP contribution in [0.3, 0.4) is 0 Å². The molecule has 0 fully saturated rings. The fourth-order valence-electron chi connectivity index (χ4n) is 2.06. The lowest BCUT2D eigenvalue weighted by Crippen LogP contribution is -2.35. The van der Waals surface area contributed by atoms with Crippen LogP contribution in [0.25, 0.3) is 0 Å². The van der Waals surface area contributed by atoms with Gasteiger partial charge in [0.2, 0.25) is 5.91 Å². The van der Waals surface area contributed by atoms with Gasteiger partial charge in [-0.3, -0.25) is 4.79 Å². The van der Waals surface area contributed by atoms with Gasteiger partial charge >= 0.3 is 0 Å². The lowest BCUT2D eigenvalue weighted by molar-refractivity contribution is -0.123. The maximum absolute atomic E-state index is 12.9. The molecule has 0 heterocycles. The van der Waals surface area contributed by atoms with Gasteiger partial charge in [0.15, 0.2) is 0 Å². The standard InChI is InChI=1S/C17H19FN2O/c1-11-3-5-14(6-4-11)16(19)17(21)20-12(2)13-7-9-15(18)10-8-13/h3-10,12,16H,19H2,1-2H3,(H,20,21)/t12-,16?/m0/s1. The number of hydrogen-bond donors (Lipinski definition) is 2. The van der Waals surface area contributed by atoms with E-state index < -0.39 is 6.04 Å². The van der Waals surface area contributed by atoms with Gasteiger partial charge in [0.05, 0.1) is 6.04 Å². The van der Waals surface area contributed by atoms with Crippen molar-refractivity contribution in [2.24, 2.45) is 5.73 Å². The third kappa shape index (κ3) is 3.89. The van der Waals surface area contributed by atoms with Gasteiger partial charge < -0.3 is 11.1 Å². The molecule has 0 aromatic heterocycles. The van der Waals surface area contributed by atoms with Crippen molar-refractivity contribution in [2.45, 2.75) is 25.9 Å². The predicted octanol–water partition coefficient (Wildman–Crippen LogP) is 3.01. The molecule has 2 aromatic carbocycles. The van der Waals surface area contributed by atoms with Crippen LogP contribution >= 0.6 is 0 Å². The SMILES string of the molecule is Cc1ccc(C(N)C(=O)N[C@@H](C)c2ccc(F)cc2)cc1. The molecule has 0 saturated carbocycles. The maximum atomic E-state index is 12.9. The third-order valence-corrected chi connectivity index (χ3v) is 3.45. The minimum Gasteiger partial charge on any atom is -0.348 e. The van der Waals surface area contributed by atoms with Crippen LogP contribution in [-0.2, 0) is 4.79 Å². The number of carbonyl (C=O) groups is 1. The molecule has 0 aliphatic rings.